The van der Waals surface area contributed by atoms with Crippen molar-refractivity contribution in [3.63, 3.8) is 0 Å². The van der Waals surface area contributed by atoms with Crippen molar-refractivity contribution in [3.8, 4) is 5.75 Å². The van der Waals surface area contributed by atoms with Crippen LogP contribution in [0.3, 0.4) is 0 Å². The smallest absolute Gasteiger partial charge is 0.196 e. The quantitative estimate of drug-likeness (QED) is 0.796. The van der Waals surface area contributed by atoms with Gasteiger partial charge in [0.05, 0.1) is 0 Å². The second-order valence-corrected chi connectivity index (χ2v) is 5.21. The zero-order valence-electron chi connectivity index (χ0n) is 11.9. The molecule has 0 saturated heterocycles. The molecule has 3 nitrogen and oxygen atoms in total. The Morgan fingerprint density at radius 2 is 1.86 bits per heavy atom. The van der Waals surface area contributed by atoms with E-state index in [9.17, 15) is 14.3 Å². The number of hydrogen-bond donors (Lipinski definition) is 1. The molecular formula is C18H15FO3. The zero-order chi connectivity index (χ0) is 15.5. The molecule has 0 spiro atoms. The molecule has 0 aliphatic carbocycles. The highest BCUT2D eigenvalue weighted by molar-refractivity contribution is 5.82. The first-order valence-corrected chi connectivity index (χ1v) is 7.12. The molecule has 3 rings (SSSR count). The van der Waals surface area contributed by atoms with Crippen molar-refractivity contribution in [2.75, 3.05) is 0 Å². The Morgan fingerprint density at radius 1 is 1.05 bits per heavy atom. The van der Waals surface area contributed by atoms with Gasteiger partial charge in [0.15, 0.2) is 5.43 Å². The molecule has 0 saturated carbocycles. The van der Waals surface area contributed by atoms with Crippen LogP contribution in [0.5, 0.6) is 5.75 Å². The van der Waals surface area contributed by atoms with Gasteiger partial charge in [0, 0.05) is 12.5 Å². The minimum absolute atomic E-state index is 0.0717. The van der Waals surface area contributed by atoms with Gasteiger partial charge >= 0.3 is 0 Å². The first-order chi connectivity index (χ1) is 10.6. The average Bonchev–Trinajstić information content (AvgIpc) is 2.47. The molecule has 4 heteroatoms. The number of benzene rings is 2. The molecule has 2 aromatic carbocycles. The lowest BCUT2D eigenvalue weighted by Gasteiger charge is -2.04. The van der Waals surface area contributed by atoms with Crippen LogP contribution in [0.15, 0.2) is 57.7 Å². The van der Waals surface area contributed by atoms with Gasteiger partial charge in [0.25, 0.3) is 0 Å². The third-order valence-corrected chi connectivity index (χ3v) is 3.56. The molecule has 0 unspecified atom stereocenters. The summed E-state index contributed by atoms with van der Waals surface area (Å²) in [5.74, 6) is 0.252. The van der Waals surface area contributed by atoms with Crippen molar-refractivity contribution >= 4 is 11.0 Å². The highest BCUT2D eigenvalue weighted by atomic mass is 19.1. The van der Waals surface area contributed by atoms with Crippen LogP contribution in [0.4, 0.5) is 4.39 Å². The van der Waals surface area contributed by atoms with Gasteiger partial charge in [0.1, 0.15) is 28.3 Å². The van der Waals surface area contributed by atoms with Crippen molar-refractivity contribution in [3.05, 3.63) is 75.9 Å². The summed E-state index contributed by atoms with van der Waals surface area (Å²) in [7, 11) is 0. The van der Waals surface area contributed by atoms with Crippen LogP contribution in [0.1, 0.15) is 17.7 Å². The van der Waals surface area contributed by atoms with E-state index in [1.54, 1.807) is 18.2 Å². The van der Waals surface area contributed by atoms with Crippen LogP contribution in [0.25, 0.3) is 11.0 Å². The van der Waals surface area contributed by atoms with Crippen molar-refractivity contribution < 1.29 is 13.9 Å². The summed E-state index contributed by atoms with van der Waals surface area (Å²) in [6.07, 6.45) is 2.04. The highest BCUT2D eigenvalue weighted by Crippen LogP contribution is 2.22. The fourth-order valence-electron chi connectivity index (χ4n) is 2.52. The maximum Gasteiger partial charge on any atom is 0.196 e. The first kappa shape index (κ1) is 14.3. The number of halogens is 1. The van der Waals surface area contributed by atoms with Gasteiger partial charge < -0.3 is 9.52 Å². The molecule has 0 atom stereocenters. The average molecular weight is 298 g/mol. The standard InChI is InChI=1S/C18H15FO3/c19-13-6-1-4-12(10-13)5-2-7-14-11-16(21)18-15(20)8-3-9-17(18)22-14/h1,3-4,6,8-11,20H,2,5,7H2. The second-order valence-electron chi connectivity index (χ2n) is 5.21. The lowest BCUT2D eigenvalue weighted by Crippen LogP contribution is -2.03. The third-order valence-electron chi connectivity index (χ3n) is 3.56. The molecule has 0 fully saturated rings. The number of phenols is 1. The first-order valence-electron chi connectivity index (χ1n) is 7.12. The number of aromatic hydroxyl groups is 1. The summed E-state index contributed by atoms with van der Waals surface area (Å²) in [6, 6.07) is 12.6. The predicted octanol–water partition coefficient (Wildman–Crippen LogP) is 3.81. The third kappa shape index (κ3) is 3.01. The molecular weight excluding hydrogens is 283 g/mol. The summed E-state index contributed by atoms with van der Waals surface area (Å²) < 4.78 is 18.8. The van der Waals surface area contributed by atoms with E-state index in [1.165, 1.54) is 24.3 Å². The van der Waals surface area contributed by atoms with Crippen molar-refractivity contribution in [1.29, 1.82) is 0 Å². The van der Waals surface area contributed by atoms with Crippen molar-refractivity contribution in [1.82, 2.24) is 0 Å². The molecule has 3 aromatic rings. The van der Waals surface area contributed by atoms with Gasteiger partial charge in [-0.15, -0.1) is 0 Å². The monoisotopic (exact) mass is 298 g/mol. The van der Waals surface area contributed by atoms with E-state index in [0.717, 1.165) is 12.0 Å². The number of fused-ring (bicyclic) bond motifs is 1. The van der Waals surface area contributed by atoms with E-state index < -0.39 is 0 Å². The maximum atomic E-state index is 13.1. The molecule has 0 aliphatic heterocycles. The Balaban J connectivity index is 1.76. The fraction of sp³-hybridized carbons (Fsp3) is 0.167. The molecule has 1 N–H and O–H groups in total. The Morgan fingerprint density at radius 3 is 2.68 bits per heavy atom. The number of hydrogen-bond acceptors (Lipinski definition) is 3. The van der Waals surface area contributed by atoms with Crippen LogP contribution in [-0.2, 0) is 12.8 Å². The minimum Gasteiger partial charge on any atom is -0.507 e. The molecule has 1 heterocycles. The maximum absolute atomic E-state index is 13.1. The lowest BCUT2D eigenvalue weighted by atomic mass is 10.1. The Bertz CT molecular complexity index is 868. The van der Waals surface area contributed by atoms with Gasteiger partial charge in [0.2, 0.25) is 0 Å². The van der Waals surface area contributed by atoms with Crippen LogP contribution < -0.4 is 5.43 Å². The van der Waals surface area contributed by atoms with Crippen molar-refractivity contribution in [2.45, 2.75) is 19.3 Å². The molecule has 112 valence electrons. The van der Waals surface area contributed by atoms with E-state index in [-0.39, 0.29) is 22.4 Å². The topological polar surface area (TPSA) is 50.4 Å². The zero-order valence-corrected chi connectivity index (χ0v) is 11.9. The molecule has 0 radical (unpaired) electrons. The summed E-state index contributed by atoms with van der Waals surface area (Å²) >= 11 is 0. The summed E-state index contributed by atoms with van der Waals surface area (Å²) in [5.41, 5.74) is 1.05. The van der Waals surface area contributed by atoms with Gasteiger partial charge in [-0.1, -0.05) is 18.2 Å². The molecule has 1 aromatic heterocycles. The number of rotatable bonds is 4. The van der Waals surface area contributed by atoms with Crippen LogP contribution >= 0.6 is 0 Å². The van der Waals surface area contributed by atoms with Gasteiger partial charge in [-0.3, -0.25) is 4.79 Å². The molecule has 22 heavy (non-hydrogen) atoms. The van der Waals surface area contributed by atoms with E-state index in [0.29, 0.717) is 24.2 Å². The Labute approximate surface area is 126 Å². The van der Waals surface area contributed by atoms with Crippen LogP contribution in [-0.4, -0.2) is 5.11 Å². The van der Waals surface area contributed by atoms with E-state index in [4.69, 9.17) is 4.42 Å². The minimum atomic E-state index is -0.250. The van der Waals surface area contributed by atoms with Crippen molar-refractivity contribution in [2.24, 2.45) is 0 Å². The molecule has 0 bridgehead atoms. The summed E-state index contributed by atoms with van der Waals surface area (Å²) in [4.78, 5) is 12.0. The number of aryl methyl sites for hydroxylation is 2. The van der Waals surface area contributed by atoms with E-state index in [1.807, 2.05) is 6.07 Å². The van der Waals surface area contributed by atoms with Gasteiger partial charge in [-0.25, -0.2) is 4.39 Å². The largest absolute Gasteiger partial charge is 0.507 e. The van der Waals surface area contributed by atoms with Crippen LogP contribution in [0, 0.1) is 5.82 Å². The lowest BCUT2D eigenvalue weighted by molar-refractivity contribution is 0.477. The number of phenolic OH excluding ortho intramolecular Hbond substituents is 1. The molecule has 0 aliphatic rings. The van der Waals surface area contributed by atoms with Gasteiger partial charge in [-0.05, 0) is 42.7 Å². The second kappa shape index (κ2) is 6.02. The fourth-order valence-corrected chi connectivity index (χ4v) is 2.52. The Hall–Kier alpha value is -2.62. The van der Waals surface area contributed by atoms with Gasteiger partial charge in [-0.2, -0.15) is 0 Å². The molecule has 0 amide bonds. The summed E-state index contributed by atoms with van der Waals surface area (Å²) in [6.45, 7) is 0. The summed E-state index contributed by atoms with van der Waals surface area (Å²) in [5, 5.41) is 9.90. The van der Waals surface area contributed by atoms with Crippen LogP contribution in [0.2, 0.25) is 0 Å². The van der Waals surface area contributed by atoms with E-state index >= 15 is 0 Å². The Kier molecular flexibility index (Phi) is 3.92. The highest BCUT2D eigenvalue weighted by Gasteiger charge is 2.08. The normalized spacial score (nSPS) is 11.0. The SMILES string of the molecule is O=c1cc(CCCc2cccc(F)c2)oc2cccc(O)c12. The predicted molar refractivity (Wildman–Crippen MR) is 82.6 cm³/mol. The van der Waals surface area contributed by atoms with E-state index in [2.05, 4.69) is 0 Å².